The summed E-state index contributed by atoms with van der Waals surface area (Å²) in [7, 11) is 0. The van der Waals surface area contributed by atoms with Gasteiger partial charge in [-0.25, -0.2) is 13.8 Å². The molecule has 3 aromatic carbocycles. The minimum absolute atomic E-state index is 0.0251. The summed E-state index contributed by atoms with van der Waals surface area (Å²) in [4.78, 5) is 22.6. The number of thioether (sulfide) groups is 1. The molecule has 5 rings (SSSR count). The Morgan fingerprint density at radius 3 is 2.56 bits per heavy atom. The lowest BCUT2D eigenvalue weighted by atomic mass is 10.1. The van der Waals surface area contributed by atoms with Crippen molar-refractivity contribution in [2.45, 2.75) is 29.9 Å². The lowest BCUT2D eigenvalue weighted by Crippen LogP contribution is -2.41. The van der Waals surface area contributed by atoms with Gasteiger partial charge in [-0.3, -0.25) is 4.79 Å². The first-order valence-corrected chi connectivity index (χ1v) is 12.1. The van der Waals surface area contributed by atoms with Crippen LogP contribution in [0.5, 0.6) is 5.75 Å². The molecule has 1 aliphatic rings. The average molecular weight is 480 g/mol. The second-order valence-electron chi connectivity index (χ2n) is 8.23. The van der Waals surface area contributed by atoms with Gasteiger partial charge < -0.3 is 14.6 Å². The number of aromatic nitrogens is 2. The molecular formula is C26H23F2N3O2S. The van der Waals surface area contributed by atoms with Gasteiger partial charge >= 0.3 is 0 Å². The highest BCUT2D eigenvalue weighted by molar-refractivity contribution is 7.98. The van der Waals surface area contributed by atoms with Crippen LogP contribution in [0.1, 0.15) is 28.8 Å². The molecular weight excluding hydrogens is 456 g/mol. The predicted molar refractivity (Wildman–Crippen MR) is 128 cm³/mol. The van der Waals surface area contributed by atoms with Crippen LogP contribution < -0.4 is 4.74 Å². The first kappa shape index (κ1) is 22.4. The molecule has 1 N–H and O–H groups in total. The van der Waals surface area contributed by atoms with Crippen LogP contribution in [-0.2, 0) is 5.75 Å². The number of amides is 1. The molecule has 1 amide bonds. The normalized spacial score (nSPS) is 14.5. The number of nitrogens with zero attached hydrogens (tertiary/aromatic N) is 2. The summed E-state index contributed by atoms with van der Waals surface area (Å²) in [6, 6.07) is 18.9. The standard InChI is InChI=1S/C26H23F2N3O2S/c27-19-9-10-24(21(28)15-19)33-20-11-13-31(14-12-20)25(32)18-7-5-17(6-8-18)16-34-26-29-22-3-1-2-4-23(22)30-26/h1-10,15,20H,11-14,16H2,(H,29,30). The molecule has 0 bridgehead atoms. The van der Waals surface area contributed by atoms with E-state index in [2.05, 4.69) is 9.97 Å². The van der Waals surface area contributed by atoms with Crippen LogP contribution in [0.2, 0.25) is 0 Å². The smallest absolute Gasteiger partial charge is 0.253 e. The zero-order chi connectivity index (χ0) is 23.5. The molecule has 8 heteroatoms. The van der Waals surface area contributed by atoms with Crippen molar-refractivity contribution in [2.24, 2.45) is 0 Å². The zero-order valence-corrected chi connectivity index (χ0v) is 19.2. The van der Waals surface area contributed by atoms with E-state index in [1.54, 1.807) is 16.7 Å². The van der Waals surface area contributed by atoms with Crippen LogP contribution in [0.25, 0.3) is 11.0 Å². The fourth-order valence-corrected chi connectivity index (χ4v) is 4.84. The van der Waals surface area contributed by atoms with E-state index >= 15 is 0 Å². The third kappa shape index (κ3) is 5.07. The quantitative estimate of drug-likeness (QED) is 0.354. The molecule has 1 aliphatic heterocycles. The van der Waals surface area contributed by atoms with Crippen LogP contribution >= 0.6 is 11.8 Å². The summed E-state index contributed by atoms with van der Waals surface area (Å²) in [5.41, 5.74) is 3.71. The van der Waals surface area contributed by atoms with Gasteiger partial charge in [-0.2, -0.15) is 0 Å². The van der Waals surface area contributed by atoms with E-state index in [-0.39, 0.29) is 17.8 Å². The summed E-state index contributed by atoms with van der Waals surface area (Å²) in [5.74, 6) is -0.580. The Hall–Kier alpha value is -3.39. The molecule has 0 saturated carbocycles. The Labute approximate surface area is 200 Å². The number of hydrogen-bond donors (Lipinski definition) is 1. The second-order valence-corrected chi connectivity index (χ2v) is 9.19. The molecule has 174 valence electrons. The monoisotopic (exact) mass is 479 g/mol. The number of benzene rings is 3. The molecule has 1 fully saturated rings. The molecule has 1 saturated heterocycles. The van der Waals surface area contributed by atoms with Gasteiger partial charge in [0.1, 0.15) is 11.9 Å². The van der Waals surface area contributed by atoms with Crippen LogP contribution in [-0.4, -0.2) is 40.0 Å². The fraction of sp³-hybridized carbons (Fsp3) is 0.231. The number of aromatic amines is 1. The molecule has 0 atom stereocenters. The van der Waals surface area contributed by atoms with E-state index in [4.69, 9.17) is 4.74 Å². The highest BCUT2D eigenvalue weighted by Gasteiger charge is 2.25. The molecule has 34 heavy (non-hydrogen) atoms. The number of rotatable bonds is 6. The highest BCUT2D eigenvalue weighted by atomic mass is 32.2. The Balaban J connectivity index is 1.13. The fourth-order valence-electron chi connectivity index (χ4n) is 4.00. The maximum Gasteiger partial charge on any atom is 0.253 e. The van der Waals surface area contributed by atoms with Crippen molar-refractivity contribution < 1.29 is 18.3 Å². The molecule has 2 heterocycles. The van der Waals surface area contributed by atoms with Crippen LogP contribution in [0.4, 0.5) is 8.78 Å². The van der Waals surface area contributed by atoms with Crippen molar-refractivity contribution in [3.8, 4) is 5.75 Å². The lowest BCUT2D eigenvalue weighted by molar-refractivity contribution is 0.0588. The number of carbonyl (C=O) groups excluding carboxylic acids is 1. The van der Waals surface area contributed by atoms with E-state index in [1.165, 1.54) is 12.1 Å². The van der Waals surface area contributed by atoms with E-state index in [1.807, 2.05) is 48.5 Å². The Morgan fingerprint density at radius 2 is 1.82 bits per heavy atom. The Kier molecular flexibility index (Phi) is 6.49. The van der Waals surface area contributed by atoms with Crippen molar-refractivity contribution in [3.05, 3.63) is 89.5 Å². The number of H-pyrrole nitrogens is 1. The molecule has 0 radical (unpaired) electrons. The van der Waals surface area contributed by atoms with Crippen molar-refractivity contribution in [1.29, 1.82) is 0 Å². The summed E-state index contributed by atoms with van der Waals surface area (Å²) in [6.45, 7) is 1.05. The third-order valence-electron chi connectivity index (χ3n) is 5.86. The number of piperidine rings is 1. The van der Waals surface area contributed by atoms with E-state index in [0.717, 1.165) is 33.6 Å². The highest BCUT2D eigenvalue weighted by Crippen LogP contribution is 2.25. The van der Waals surface area contributed by atoms with Crippen molar-refractivity contribution in [1.82, 2.24) is 14.9 Å². The van der Waals surface area contributed by atoms with Crippen LogP contribution in [0, 0.1) is 11.6 Å². The number of imidazole rings is 1. The lowest BCUT2D eigenvalue weighted by Gasteiger charge is -2.32. The van der Waals surface area contributed by atoms with Gasteiger partial charge in [0.05, 0.1) is 11.0 Å². The van der Waals surface area contributed by atoms with Gasteiger partial charge in [0.15, 0.2) is 16.7 Å². The third-order valence-corrected chi connectivity index (χ3v) is 6.81. The molecule has 0 unspecified atom stereocenters. The number of carbonyl (C=O) groups is 1. The number of hydrogen-bond acceptors (Lipinski definition) is 4. The molecule has 1 aromatic heterocycles. The summed E-state index contributed by atoms with van der Waals surface area (Å²) in [6.07, 6.45) is 0.977. The number of para-hydroxylation sites is 2. The first-order chi connectivity index (χ1) is 16.5. The average Bonchev–Trinajstić information content (AvgIpc) is 3.28. The molecule has 0 spiro atoms. The largest absolute Gasteiger partial charge is 0.487 e. The van der Waals surface area contributed by atoms with Crippen LogP contribution in [0.15, 0.2) is 71.9 Å². The predicted octanol–water partition coefficient (Wildman–Crippen LogP) is 5.82. The number of fused-ring (bicyclic) bond motifs is 1. The summed E-state index contributed by atoms with van der Waals surface area (Å²) < 4.78 is 32.6. The number of likely N-dealkylation sites (tertiary alicyclic amines) is 1. The van der Waals surface area contributed by atoms with Gasteiger partial charge in [-0.15, -0.1) is 0 Å². The van der Waals surface area contributed by atoms with Crippen molar-refractivity contribution in [3.63, 3.8) is 0 Å². The van der Waals surface area contributed by atoms with Crippen LogP contribution in [0.3, 0.4) is 0 Å². The SMILES string of the molecule is O=C(c1ccc(CSc2nc3ccccc3[nH]2)cc1)N1CCC(Oc2ccc(F)cc2F)CC1. The van der Waals surface area contributed by atoms with Crippen molar-refractivity contribution >= 4 is 28.7 Å². The van der Waals surface area contributed by atoms with Gasteiger partial charge in [-0.05, 0) is 42.0 Å². The maximum atomic E-state index is 13.8. The molecule has 0 aliphatic carbocycles. The zero-order valence-electron chi connectivity index (χ0n) is 18.3. The number of ether oxygens (including phenoxy) is 1. The van der Waals surface area contributed by atoms with Crippen molar-refractivity contribution in [2.75, 3.05) is 13.1 Å². The van der Waals surface area contributed by atoms with E-state index < -0.39 is 11.6 Å². The van der Waals surface area contributed by atoms with Gasteiger partial charge in [0.25, 0.3) is 5.91 Å². The Bertz CT molecular complexity index is 1270. The Morgan fingerprint density at radius 1 is 1.06 bits per heavy atom. The number of nitrogens with one attached hydrogen (secondary N) is 1. The number of halogens is 2. The van der Waals surface area contributed by atoms with Gasteiger partial charge in [-0.1, -0.05) is 36.0 Å². The first-order valence-electron chi connectivity index (χ1n) is 11.1. The second kappa shape index (κ2) is 9.85. The van der Waals surface area contributed by atoms with Gasteiger partial charge in [0, 0.05) is 43.3 Å². The summed E-state index contributed by atoms with van der Waals surface area (Å²) in [5, 5.41) is 0.868. The van der Waals surface area contributed by atoms with E-state index in [0.29, 0.717) is 31.5 Å². The van der Waals surface area contributed by atoms with E-state index in [9.17, 15) is 13.6 Å². The molecule has 4 aromatic rings. The topological polar surface area (TPSA) is 58.2 Å². The minimum Gasteiger partial charge on any atom is -0.487 e. The molecule has 5 nitrogen and oxygen atoms in total. The maximum absolute atomic E-state index is 13.8. The van der Waals surface area contributed by atoms with Gasteiger partial charge in [0.2, 0.25) is 0 Å². The minimum atomic E-state index is -0.711. The summed E-state index contributed by atoms with van der Waals surface area (Å²) >= 11 is 1.62.